The van der Waals surface area contributed by atoms with Gasteiger partial charge in [-0.05, 0) is 101 Å². The Bertz CT molecular complexity index is 1610. The molecule has 0 spiro atoms. The second kappa shape index (κ2) is 18.4. The minimum absolute atomic E-state index is 0.0562. The number of likely N-dealkylation sites (tertiary alicyclic amines) is 2. The van der Waals surface area contributed by atoms with Gasteiger partial charge in [-0.15, -0.1) is 0 Å². The highest BCUT2D eigenvalue weighted by Gasteiger charge is 2.49. The van der Waals surface area contributed by atoms with Crippen LogP contribution in [-0.2, 0) is 9.47 Å². The molecule has 2 N–H and O–H groups in total. The molecule has 0 radical (unpaired) electrons. The average molecular weight is 781 g/mol. The number of nitrogens with zero attached hydrogens (tertiary/aromatic N) is 4. The maximum absolute atomic E-state index is 12.1. The number of ether oxygens (including phenoxy) is 6. The minimum atomic E-state index is -0.512. The van der Waals surface area contributed by atoms with Crippen LogP contribution in [-0.4, -0.2) is 111 Å². The molecule has 2 saturated carbocycles. The fraction of sp³-hybridized carbons (Fsp3) is 0.619. The van der Waals surface area contributed by atoms with Gasteiger partial charge in [0.15, 0.2) is 23.0 Å². The molecule has 2 unspecified atom stereocenters. The second-order valence-electron chi connectivity index (χ2n) is 15.9. The Morgan fingerprint density at radius 3 is 1.29 bits per heavy atom. The van der Waals surface area contributed by atoms with Gasteiger partial charge in [-0.3, -0.25) is 0 Å². The van der Waals surface area contributed by atoms with Crippen LogP contribution in [0.4, 0.5) is 9.59 Å². The summed E-state index contributed by atoms with van der Waals surface area (Å²) in [5, 5.41) is 25.8. The van der Waals surface area contributed by atoms with Crippen molar-refractivity contribution in [2.45, 2.75) is 103 Å². The zero-order valence-corrected chi connectivity index (χ0v) is 34.2. The highest BCUT2D eigenvalue weighted by Crippen LogP contribution is 2.48. The molecule has 2 aromatic rings. The Balaban J connectivity index is 0.000000214. The van der Waals surface area contributed by atoms with Gasteiger partial charge >= 0.3 is 12.2 Å². The number of carbonyl (C=O) groups excluding carboxylic acids is 2. The zero-order valence-electron chi connectivity index (χ0n) is 34.2. The van der Waals surface area contributed by atoms with Crippen LogP contribution >= 0.6 is 0 Å². The number of hydrogen-bond donors (Lipinski definition) is 2. The van der Waals surface area contributed by atoms with E-state index in [1.807, 2.05) is 50.2 Å². The SMILES string of the molecule is COC(=O)N1CC(c2ccc(OC)c(OC3CCCC3)c2)[C@@](C)(/C(C)=N\O)C1.COC(=O)N1CC(c2ccc(OC)c(OC3CCCC3)c2)[C@](C)(/C(C)=N\O)C1. The van der Waals surface area contributed by atoms with E-state index in [1.165, 1.54) is 39.9 Å². The summed E-state index contributed by atoms with van der Waals surface area (Å²) < 4.78 is 33.3. The molecule has 0 aromatic heterocycles. The highest BCUT2D eigenvalue weighted by molar-refractivity contribution is 5.90. The number of hydrogen-bond acceptors (Lipinski definition) is 12. The molecular formula is C42H60N4O10. The third-order valence-corrected chi connectivity index (χ3v) is 12.6. The molecule has 14 nitrogen and oxygen atoms in total. The zero-order chi connectivity index (χ0) is 40.6. The Kier molecular flexibility index (Phi) is 13.9. The highest BCUT2D eigenvalue weighted by atomic mass is 16.5. The lowest BCUT2D eigenvalue weighted by Crippen LogP contribution is -2.35. The molecule has 56 heavy (non-hydrogen) atoms. The molecule has 4 fully saturated rings. The van der Waals surface area contributed by atoms with Crippen molar-refractivity contribution in [3.8, 4) is 23.0 Å². The molecule has 0 bridgehead atoms. The topological polar surface area (TPSA) is 161 Å². The first kappa shape index (κ1) is 42.3. The standard InChI is InChI=1S/2C21H30N2O5/c2*1-14(22-25)21(2)13-23(20(24)27-4)12-17(21)15-9-10-18(26-3)19(11-15)28-16-7-5-6-8-16/h2*9-11,16-17,25H,5-8,12-13H2,1-4H3/b2*22-14-/t2*17?,21-/m10/s1. The lowest BCUT2D eigenvalue weighted by Gasteiger charge is -2.30. The quantitative estimate of drug-likeness (QED) is 0.137. The van der Waals surface area contributed by atoms with Crippen molar-refractivity contribution in [2.24, 2.45) is 21.1 Å². The minimum Gasteiger partial charge on any atom is -0.493 e. The van der Waals surface area contributed by atoms with E-state index in [0.29, 0.717) is 49.1 Å². The van der Waals surface area contributed by atoms with Crippen molar-refractivity contribution in [3.05, 3.63) is 47.5 Å². The van der Waals surface area contributed by atoms with Crippen LogP contribution < -0.4 is 18.9 Å². The Labute approximate surface area is 330 Å². The molecule has 6 rings (SSSR count). The molecular weight excluding hydrogens is 720 g/mol. The summed E-state index contributed by atoms with van der Waals surface area (Å²) in [4.78, 5) is 27.6. The number of oxime groups is 2. The maximum atomic E-state index is 12.1. The number of rotatable bonds is 10. The van der Waals surface area contributed by atoms with Crippen LogP contribution in [0.3, 0.4) is 0 Å². The molecule has 2 aliphatic carbocycles. The van der Waals surface area contributed by atoms with E-state index in [2.05, 4.69) is 10.3 Å². The normalized spacial score (nSPS) is 25.8. The monoisotopic (exact) mass is 780 g/mol. The molecule has 4 atom stereocenters. The molecule has 2 aliphatic heterocycles. The average Bonchev–Trinajstić information content (AvgIpc) is 4.05. The van der Waals surface area contributed by atoms with Crippen molar-refractivity contribution in [1.82, 2.24) is 9.80 Å². The summed E-state index contributed by atoms with van der Waals surface area (Å²) >= 11 is 0. The van der Waals surface area contributed by atoms with Crippen molar-refractivity contribution >= 4 is 23.6 Å². The second-order valence-corrected chi connectivity index (χ2v) is 15.9. The Morgan fingerprint density at radius 1 is 0.625 bits per heavy atom. The van der Waals surface area contributed by atoms with Gasteiger partial charge in [-0.2, -0.15) is 0 Å². The van der Waals surface area contributed by atoms with Gasteiger partial charge in [0, 0.05) is 48.8 Å². The van der Waals surface area contributed by atoms with E-state index in [4.69, 9.17) is 28.4 Å². The Morgan fingerprint density at radius 2 is 0.982 bits per heavy atom. The predicted molar refractivity (Wildman–Crippen MR) is 211 cm³/mol. The van der Waals surface area contributed by atoms with E-state index in [1.54, 1.807) is 37.9 Å². The van der Waals surface area contributed by atoms with Crippen LogP contribution in [0.1, 0.15) is 102 Å². The summed E-state index contributed by atoms with van der Waals surface area (Å²) in [7, 11) is 6.03. The number of benzene rings is 2. The first-order valence-corrected chi connectivity index (χ1v) is 19.6. The Hall–Kier alpha value is -4.88. The van der Waals surface area contributed by atoms with Crippen LogP contribution in [0.15, 0.2) is 46.7 Å². The van der Waals surface area contributed by atoms with Crippen molar-refractivity contribution in [2.75, 3.05) is 54.6 Å². The molecule has 308 valence electrons. The fourth-order valence-electron chi connectivity index (χ4n) is 8.81. The summed E-state index contributed by atoms with van der Waals surface area (Å²) in [5.41, 5.74) is 2.18. The van der Waals surface area contributed by atoms with Crippen LogP contribution in [0.5, 0.6) is 23.0 Å². The van der Waals surface area contributed by atoms with Gasteiger partial charge in [0.1, 0.15) is 0 Å². The fourth-order valence-corrected chi connectivity index (χ4v) is 8.81. The van der Waals surface area contributed by atoms with Crippen molar-refractivity contribution in [3.63, 3.8) is 0 Å². The maximum Gasteiger partial charge on any atom is 0.409 e. The van der Waals surface area contributed by atoms with Crippen molar-refractivity contribution < 1.29 is 48.4 Å². The van der Waals surface area contributed by atoms with E-state index in [9.17, 15) is 20.0 Å². The van der Waals surface area contributed by atoms with Gasteiger partial charge < -0.3 is 48.6 Å². The molecule has 2 aromatic carbocycles. The molecule has 2 saturated heterocycles. The lowest BCUT2D eigenvalue weighted by atomic mass is 9.73. The lowest BCUT2D eigenvalue weighted by molar-refractivity contribution is 0.129. The van der Waals surface area contributed by atoms with Gasteiger partial charge in [-0.1, -0.05) is 36.3 Å². The van der Waals surface area contributed by atoms with Crippen LogP contribution in [0, 0.1) is 10.8 Å². The number of carbonyl (C=O) groups is 2. The van der Waals surface area contributed by atoms with Crippen LogP contribution in [0.25, 0.3) is 0 Å². The summed E-state index contributed by atoms with van der Waals surface area (Å²) in [6.45, 7) is 9.39. The third kappa shape index (κ3) is 8.89. The first-order chi connectivity index (χ1) is 26.8. The smallest absolute Gasteiger partial charge is 0.409 e. The van der Waals surface area contributed by atoms with E-state index in [0.717, 1.165) is 48.3 Å². The summed E-state index contributed by atoms with van der Waals surface area (Å²) in [6, 6.07) is 11.8. The van der Waals surface area contributed by atoms with Crippen LogP contribution in [0.2, 0.25) is 0 Å². The third-order valence-electron chi connectivity index (χ3n) is 12.6. The largest absolute Gasteiger partial charge is 0.493 e. The predicted octanol–water partition coefficient (Wildman–Crippen LogP) is 8.08. The summed E-state index contributed by atoms with van der Waals surface area (Å²) in [5.74, 6) is 2.74. The molecule has 14 heteroatoms. The van der Waals surface area contributed by atoms with Gasteiger partial charge in [0.05, 0.1) is 52.1 Å². The first-order valence-electron chi connectivity index (χ1n) is 19.6. The van der Waals surface area contributed by atoms with E-state index < -0.39 is 10.8 Å². The molecule has 2 heterocycles. The van der Waals surface area contributed by atoms with Crippen molar-refractivity contribution in [1.29, 1.82) is 0 Å². The number of methoxy groups -OCH3 is 4. The summed E-state index contributed by atoms with van der Waals surface area (Å²) in [6.07, 6.45) is 8.65. The molecule has 2 amide bonds. The molecule has 4 aliphatic rings. The van der Waals surface area contributed by atoms with E-state index in [-0.39, 0.29) is 36.2 Å². The van der Waals surface area contributed by atoms with E-state index >= 15 is 0 Å². The number of amides is 2. The van der Waals surface area contributed by atoms with Gasteiger partial charge in [-0.25, -0.2) is 9.59 Å². The van der Waals surface area contributed by atoms with Gasteiger partial charge in [0.25, 0.3) is 0 Å². The van der Waals surface area contributed by atoms with Gasteiger partial charge in [0.2, 0.25) is 0 Å².